The molecule has 7 nitrogen and oxygen atoms in total. The molecule has 0 N–H and O–H groups in total. The lowest BCUT2D eigenvalue weighted by Gasteiger charge is -2.15. The van der Waals surface area contributed by atoms with Gasteiger partial charge < -0.3 is 9.64 Å². The lowest BCUT2D eigenvalue weighted by molar-refractivity contribution is -0.403. The number of cyclic esters (lactones) is 1. The summed E-state index contributed by atoms with van der Waals surface area (Å²) in [5.74, 6) is -0.791. The van der Waals surface area contributed by atoms with Crippen LogP contribution in [-0.2, 0) is 9.53 Å². The summed E-state index contributed by atoms with van der Waals surface area (Å²) in [6, 6.07) is 6.85. The first-order valence-electron chi connectivity index (χ1n) is 6.08. The average Bonchev–Trinajstić information content (AvgIpc) is 2.91. The van der Waals surface area contributed by atoms with Crippen molar-refractivity contribution in [3.8, 4) is 0 Å². The fraction of sp³-hybridized carbons (Fsp3) is 0.231. The van der Waals surface area contributed by atoms with Crippen LogP contribution in [0.15, 0.2) is 35.5 Å². The van der Waals surface area contributed by atoms with Crippen molar-refractivity contribution in [3.05, 3.63) is 56.7 Å². The molecule has 2 heterocycles. The van der Waals surface area contributed by atoms with E-state index in [-0.39, 0.29) is 10.9 Å². The highest BCUT2D eigenvalue weighted by Crippen LogP contribution is 2.45. The van der Waals surface area contributed by atoms with Gasteiger partial charge in [-0.05, 0) is 6.07 Å². The summed E-state index contributed by atoms with van der Waals surface area (Å²) in [5.41, 5.74) is 1.08. The Hall–Kier alpha value is -2.35. The van der Waals surface area contributed by atoms with E-state index in [4.69, 9.17) is 4.74 Å². The largest absolute Gasteiger partial charge is 0.452 e. The molecule has 1 fully saturated rings. The smallest absolute Gasteiger partial charge is 0.339 e. The van der Waals surface area contributed by atoms with Crippen LogP contribution >= 0.6 is 11.8 Å². The maximum absolute atomic E-state index is 12.3. The number of hydrogen-bond donors (Lipinski definition) is 0. The third-order valence-electron chi connectivity index (χ3n) is 3.36. The van der Waals surface area contributed by atoms with Gasteiger partial charge >= 0.3 is 5.97 Å². The summed E-state index contributed by atoms with van der Waals surface area (Å²) >= 11 is 1.04. The molecule has 2 atom stereocenters. The number of nitrogens with zero attached hydrogens (tertiary/aromatic N) is 2. The Morgan fingerprint density at radius 2 is 2.10 bits per heavy atom. The normalized spacial score (nSPS) is 26.1. The average molecular weight is 306 g/mol. The SMILES string of the molecule is CN1C(=O)C(C2OC(=O)c3ccccc32)SC1=C[N+](=O)[O-]. The molecule has 0 saturated carbocycles. The van der Waals surface area contributed by atoms with E-state index in [0.29, 0.717) is 11.1 Å². The van der Waals surface area contributed by atoms with Gasteiger partial charge in [-0.3, -0.25) is 14.9 Å². The molecule has 0 spiro atoms. The van der Waals surface area contributed by atoms with Crippen LogP contribution in [0.4, 0.5) is 0 Å². The van der Waals surface area contributed by atoms with Gasteiger partial charge in [0.1, 0.15) is 16.4 Å². The van der Waals surface area contributed by atoms with E-state index in [1.807, 2.05) is 0 Å². The molecule has 1 amide bonds. The van der Waals surface area contributed by atoms with E-state index in [2.05, 4.69) is 0 Å². The number of esters is 1. The van der Waals surface area contributed by atoms with Gasteiger partial charge in [0.25, 0.3) is 6.20 Å². The van der Waals surface area contributed by atoms with Gasteiger partial charge in [-0.1, -0.05) is 30.0 Å². The monoisotopic (exact) mass is 306 g/mol. The second-order valence-corrected chi connectivity index (χ2v) is 5.76. The lowest BCUT2D eigenvalue weighted by atomic mass is 10.0. The van der Waals surface area contributed by atoms with E-state index in [0.717, 1.165) is 18.0 Å². The van der Waals surface area contributed by atoms with Crippen molar-refractivity contribution in [1.82, 2.24) is 4.90 Å². The van der Waals surface area contributed by atoms with E-state index in [1.54, 1.807) is 24.3 Å². The number of thioether (sulfide) groups is 1. The molecule has 3 rings (SSSR count). The van der Waals surface area contributed by atoms with Gasteiger partial charge in [0.05, 0.1) is 10.5 Å². The van der Waals surface area contributed by atoms with Crippen LogP contribution < -0.4 is 0 Å². The number of amides is 1. The zero-order chi connectivity index (χ0) is 15.1. The van der Waals surface area contributed by atoms with Crippen LogP contribution in [0.2, 0.25) is 0 Å². The Balaban J connectivity index is 1.95. The van der Waals surface area contributed by atoms with Crippen molar-refractivity contribution in [2.45, 2.75) is 11.4 Å². The summed E-state index contributed by atoms with van der Waals surface area (Å²) in [7, 11) is 1.47. The maximum Gasteiger partial charge on any atom is 0.339 e. The molecule has 2 unspecified atom stereocenters. The van der Waals surface area contributed by atoms with E-state index >= 15 is 0 Å². The summed E-state index contributed by atoms with van der Waals surface area (Å²) in [4.78, 5) is 35.2. The molecule has 21 heavy (non-hydrogen) atoms. The van der Waals surface area contributed by atoms with Crippen molar-refractivity contribution in [3.63, 3.8) is 0 Å². The zero-order valence-electron chi connectivity index (χ0n) is 10.9. The Kier molecular flexibility index (Phi) is 3.17. The minimum absolute atomic E-state index is 0.232. The lowest BCUT2D eigenvalue weighted by Crippen LogP contribution is -2.29. The fourth-order valence-corrected chi connectivity index (χ4v) is 3.60. The molecule has 2 aliphatic heterocycles. The second kappa shape index (κ2) is 4.88. The number of nitro groups is 1. The predicted molar refractivity (Wildman–Crippen MR) is 73.8 cm³/mol. The minimum Gasteiger partial charge on any atom is -0.452 e. The fourth-order valence-electron chi connectivity index (χ4n) is 2.36. The third kappa shape index (κ3) is 2.17. The topological polar surface area (TPSA) is 89.8 Å². The quantitative estimate of drug-likeness (QED) is 0.468. The first kappa shape index (κ1) is 13.6. The van der Waals surface area contributed by atoms with E-state index in [1.165, 1.54) is 11.9 Å². The minimum atomic E-state index is -0.716. The molecule has 1 aromatic carbocycles. The number of rotatable bonds is 2. The van der Waals surface area contributed by atoms with Gasteiger partial charge in [-0.25, -0.2) is 4.79 Å². The molecule has 1 saturated heterocycles. The van der Waals surface area contributed by atoms with Gasteiger partial charge in [0.15, 0.2) is 0 Å². The molecular formula is C13H10N2O5S. The van der Waals surface area contributed by atoms with Crippen LogP contribution in [0, 0.1) is 10.1 Å². The van der Waals surface area contributed by atoms with Crippen molar-refractivity contribution in [2.75, 3.05) is 7.05 Å². The molecule has 0 radical (unpaired) electrons. The number of ether oxygens (including phenoxy) is 1. The summed E-state index contributed by atoms with van der Waals surface area (Å²) in [6.45, 7) is 0. The summed E-state index contributed by atoms with van der Waals surface area (Å²) in [5, 5.41) is 10.1. The molecular weight excluding hydrogens is 296 g/mol. The number of fused-ring (bicyclic) bond motifs is 1. The molecule has 0 bridgehead atoms. The van der Waals surface area contributed by atoms with E-state index in [9.17, 15) is 19.7 Å². The van der Waals surface area contributed by atoms with Crippen molar-refractivity contribution in [2.24, 2.45) is 0 Å². The first-order valence-corrected chi connectivity index (χ1v) is 6.96. The summed E-state index contributed by atoms with van der Waals surface area (Å²) in [6.07, 6.45) is 0.0666. The number of benzene rings is 1. The number of carbonyl (C=O) groups excluding carboxylic acids is 2. The van der Waals surface area contributed by atoms with Crippen LogP contribution in [0.5, 0.6) is 0 Å². The molecule has 2 aliphatic rings. The van der Waals surface area contributed by atoms with Crippen molar-refractivity contribution >= 4 is 23.6 Å². The first-order chi connectivity index (χ1) is 9.99. The Morgan fingerprint density at radius 1 is 1.38 bits per heavy atom. The third-order valence-corrected chi connectivity index (χ3v) is 4.69. The summed E-state index contributed by atoms with van der Waals surface area (Å²) < 4.78 is 5.28. The maximum atomic E-state index is 12.3. The highest BCUT2D eigenvalue weighted by molar-refractivity contribution is 8.04. The van der Waals surface area contributed by atoms with Gasteiger partial charge in [-0.15, -0.1) is 0 Å². The van der Waals surface area contributed by atoms with Crippen LogP contribution in [0.25, 0.3) is 0 Å². The molecule has 8 heteroatoms. The second-order valence-electron chi connectivity index (χ2n) is 4.60. The van der Waals surface area contributed by atoms with Crippen molar-refractivity contribution in [1.29, 1.82) is 0 Å². The van der Waals surface area contributed by atoms with Crippen LogP contribution in [0.1, 0.15) is 22.0 Å². The van der Waals surface area contributed by atoms with Crippen LogP contribution in [-0.4, -0.2) is 34.0 Å². The van der Waals surface area contributed by atoms with Gasteiger partial charge in [0.2, 0.25) is 5.91 Å². The standard InChI is InChI=1S/C13H10N2O5S/c1-14-9(6-15(18)19)21-11(12(14)16)10-7-4-2-3-5-8(7)13(17)20-10/h2-6,10-11H,1H3. The molecule has 0 aromatic heterocycles. The van der Waals surface area contributed by atoms with E-state index < -0.39 is 22.2 Å². The molecule has 0 aliphatic carbocycles. The highest BCUT2D eigenvalue weighted by Gasteiger charge is 2.47. The van der Waals surface area contributed by atoms with Crippen LogP contribution in [0.3, 0.4) is 0 Å². The van der Waals surface area contributed by atoms with Gasteiger partial charge in [0, 0.05) is 12.6 Å². The molecule has 108 valence electrons. The van der Waals surface area contributed by atoms with Gasteiger partial charge in [-0.2, -0.15) is 0 Å². The highest BCUT2D eigenvalue weighted by atomic mass is 32.2. The number of carbonyl (C=O) groups is 2. The number of hydrogen-bond acceptors (Lipinski definition) is 6. The predicted octanol–water partition coefficient (Wildman–Crippen LogP) is 1.55. The Labute approximate surface area is 123 Å². The zero-order valence-corrected chi connectivity index (χ0v) is 11.7. The molecule has 1 aromatic rings. The van der Waals surface area contributed by atoms with Crippen molar-refractivity contribution < 1.29 is 19.2 Å². The Morgan fingerprint density at radius 3 is 2.81 bits per heavy atom. The Bertz CT molecular complexity index is 687.